The molecule has 0 spiro atoms. The zero-order chi connectivity index (χ0) is 8.81. The lowest BCUT2D eigenvalue weighted by molar-refractivity contribution is -0.109. The maximum Gasteiger partial charge on any atom is 0.207 e. The van der Waals surface area contributed by atoms with Crippen molar-refractivity contribution < 1.29 is 9.53 Å². The van der Waals surface area contributed by atoms with Gasteiger partial charge in [-0.1, -0.05) is 0 Å². The average molecular weight is 282 g/mol. The van der Waals surface area contributed by atoms with Gasteiger partial charge in [0.25, 0.3) is 0 Å². The first-order valence-corrected chi connectivity index (χ1v) is 4.29. The van der Waals surface area contributed by atoms with Gasteiger partial charge in [-0.2, -0.15) is 0 Å². The van der Waals surface area contributed by atoms with E-state index in [0.29, 0.717) is 6.10 Å². The first-order chi connectivity index (χ1) is 5.86. The molecule has 1 rings (SSSR count). The third kappa shape index (κ3) is 8.11. The minimum absolute atomic E-state index is 0. The molecule has 1 aliphatic heterocycles. The minimum Gasteiger partial charge on any atom is -0.380 e. The number of nitrogens with one attached hydrogen (secondary N) is 1. The molecule has 0 radical (unpaired) electrons. The molecule has 1 amide bonds. The van der Waals surface area contributed by atoms with Crippen LogP contribution in [0.15, 0.2) is 0 Å². The van der Waals surface area contributed by atoms with Gasteiger partial charge in [0.15, 0.2) is 0 Å². The van der Waals surface area contributed by atoms with Gasteiger partial charge in [-0.15, -0.1) is 37.2 Å². The van der Waals surface area contributed by atoms with Crippen LogP contribution in [-0.2, 0) is 9.53 Å². The number of methoxy groups -OCH3 is 1. The molecule has 1 N–H and O–H groups in total. The molecule has 1 heterocycles. The van der Waals surface area contributed by atoms with Crippen LogP contribution in [0.2, 0.25) is 0 Å². The second-order valence-electron chi connectivity index (χ2n) is 3.02. The highest BCUT2D eigenvalue weighted by Gasteiger charge is 2.20. The number of likely N-dealkylation sites (tertiary alicyclic amines) is 1. The standard InChI is InChI=1S/C8H16N2O2.3ClH/c1-12-8-2-4-10(6-8)5-3-9-7-11;;;/h7-8H,2-6H2,1H3,(H,9,11);3*1H. The summed E-state index contributed by atoms with van der Waals surface area (Å²) in [5.41, 5.74) is 0. The largest absolute Gasteiger partial charge is 0.380 e. The molecule has 1 saturated heterocycles. The van der Waals surface area contributed by atoms with Crippen LogP contribution < -0.4 is 5.32 Å². The number of ether oxygens (including phenoxy) is 1. The number of amides is 1. The van der Waals surface area contributed by atoms with E-state index in [2.05, 4.69) is 10.2 Å². The van der Waals surface area contributed by atoms with Crippen LogP contribution >= 0.6 is 37.2 Å². The Kier molecular flexibility index (Phi) is 17.0. The van der Waals surface area contributed by atoms with Crippen LogP contribution in [0.3, 0.4) is 0 Å². The summed E-state index contributed by atoms with van der Waals surface area (Å²) in [6.07, 6.45) is 2.24. The Morgan fingerprint density at radius 2 is 2.13 bits per heavy atom. The summed E-state index contributed by atoms with van der Waals surface area (Å²) in [5.74, 6) is 0. The molecule has 7 heteroatoms. The number of rotatable bonds is 5. The lowest BCUT2D eigenvalue weighted by Crippen LogP contribution is -2.30. The zero-order valence-electron chi connectivity index (χ0n) is 8.68. The van der Waals surface area contributed by atoms with Crippen LogP contribution in [-0.4, -0.2) is 50.7 Å². The molecule has 94 valence electrons. The molecule has 15 heavy (non-hydrogen) atoms. The Balaban J connectivity index is -0.000000480. The molecule has 4 nitrogen and oxygen atoms in total. The summed E-state index contributed by atoms with van der Waals surface area (Å²) in [4.78, 5) is 12.2. The maximum atomic E-state index is 9.94. The van der Waals surface area contributed by atoms with Crippen LogP contribution in [0.4, 0.5) is 0 Å². The van der Waals surface area contributed by atoms with Gasteiger partial charge in [0.05, 0.1) is 6.10 Å². The summed E-state index contributed by atoms with van der Waals surface area (Å²) >= 11 is 0. The van der Waals surface area contributed by atoms with Crippen molar-refractivity contribution in [2.24, 2.45) is 0 Å². The molecule has 0 aliphatic carbocycles. The number of carbonyl (C=O) groups excluding carboxylic acids is 1. The van der Waals surface area contributed by atoms with Crippen LogP contribution in [0.1, 0.15) is 6.42 Å². The number of halogens is 3. The van der Waals surface area contributed by atoms with Crippen LogP contribution in [0.25, 0.3) is 0 Å². The van der Waals surface area contributed by atoms with Gasteiger partial charge in [-0.05, 0) is 6.42 Å². The molecule has 1 atom stereocenters. The van der Waals surface area contributed by atoms with E-state index in [0.717, 1.165) is 39.0 Å². The Bertz CT molecular complexity index is 152. The first-order valence-electron chi connectivity index (χ1n) is 4.29. The van der Waals surface area contributed by atoms with Gasteiger partial charge in [0.2, 0.25) is 6.41 Å². The molecular formula is C8H19Cl3N2O2. The minimum atomic E-state index is 0. The van der Waals surface area contributed by atoms with E-state index in [1.54, 1.807) is 7.11 Å². The van der Waals surface area contributed by atoms with Crippen molar-refractivity contribution >= 4 is 43.6 Å². The van der Waals surface area contributed by atoms with Crippen molar-refractivity contribution in [2.45, 2.75) is 12.5 Å². The van der Waals surface area contributed by atoms with E-state index in [4.69, 9.17) is 4.74 Å². The highest BCUT2D eigenvalue weighted by atomic mass is 35.5. The molecule has 1 aliphatic rings. The van der Waals surface area contributed by atoms with E-state index < -0.39 is 0 Å². The third-order valence-electron chi connectivity index (χ3n) is 2.22. The fourth-order valence-electron chi connectivity index (χ4n) is 1.47. The fourth-order valence-corrected chi connectivity index (χ4v) is 1.47. The van der Waals surface area contributed by atoms with Crippen molar-refractivity contribution in [1.82, 2.24) is 10.2 Å². The number of hydrogen-bond donors (Lipinski definition) is 1. The Hall–Kier alpha value is 0.260. The highest BCUT2D eigenvalue weighted by molar-refractivity contribution is 5.86. The smallest absolute Gasteiger partial charge is 0.207 e. The summed E-state index contributed by atoms with van der Waals surface area (Å²) in [6.45, 7) is 3.74. The number of hydrogen-bond acceptors (Lipinski definition) is 3. The molecule has 0 bridgehead atoms. The second-order valence-corrected chi connectivity index (χ2v) is 3.02. The second kappa shape index (κ2) is 12.3. The monoisotopic (exact) mass is 280 g/mol. The normalized spacial score (nSPS) is 19.4. The van der Waals surface area contributed by atoms with Crippen molar-refractivity contribution in [2.75, 3.05) is 33.3 Å². The topological polar surface area (TPSA) is 41.6 Å². The first kappa shape index (κ1) is 20.6. The van der Waals surface area contributed by atoms with E-state index >= 15 is 0 Å². The fraction of sp³-hybridized carbons (Fsp3) is 0.875. The van der Waals surface area contributed by atoms with E-state index in [9.17, 15) is 4.79 Å². The molecule has 0 aromatic heterocycles. The number of nitrogens with zero attached hydrogens (tertiary/aromatic N) is 1. The van der Waals surface area contributed by atoms with Crippen molar-refractivity contribution in [3.8, 4) is 0 Å². The van der Waals surface area contributed by atoms with Crippen LogP contribution in [0, 0.1) is 0 Å². The van der Waals surface area contributed by atoms with Gasteiger partial charge >= 0.3 is 0 Å². The van der Waals surface area contributed by atoms with Gasteiger partial charge < -0.3 is 10.1 Å². The van der Waals surface area contributed by atoms with E-state index in [-0.39, 0.29) is 37.2 Å². The summed E-state index contributed by atoms with van der Waals surface area (Å²) in [5, 5.41) is 2.64. The Labute approximate surface area is 109 Å². The summed E-state index contributed by atoms with van der Waals surface area (Å²) in [6, 6.07) is 0. The van der Waals surface area contributed by atoms with Gasteiger partial charge in [-0.3, -0.25) is 9.69 Å². The molecule has 1 fully saturated rings. The van der Waals surface area contributed by atoms with E-state index in [1.165, 1.54) is 0 Å². The summed E-state index contributed by atoms with van der Waals surface area (Å²) in [7, 11) is 1.75. The molecule has 0 aromatic rings. The van der Waals surface area contributed by atoms with Gasteiger partial charge in [0.1, 0.15) is 0 Å². The molecule has 1 unspecified atom stereocenters. The lowest BCUT2D eigenvalue weighted by Gasteiger charge is -2.14. The van der Waals surface area contributed by atoms with Gasteiger partial charge in [0, 0.05) is 33.3 Å². The van der Waals surface area contributed by atoms with Gasteiger partial charge in [-0.25, -0.2) is 0 Å². The average Bonchev–Trinajstić information content (AvgIpc) is 2.53. The third-order valence-corrected chi connectivity index (χ3v) is 2.22. The van der Waals surface area contributed by atoms with Crippen LogP contribution in [0.5, 0.6) is 0 Å². The van der Waals surface area contributed by atoms with Crippen molar-refractivity contribution in [3.05, 3.63) is 0 Å². The Morgan fingerprint density at radius 3 is 2.60 bits per heavy atom. The quantitative estimate of drug-likeness (QED) is 0.596. The molecule has 0 aromatic carbocycles. The Morgan fingerprint density at radius 1 is 1.47 bits per heavy atom. The predicted octanol–water partition coefficient (Wildman–Crippen LogP) is 0.718. The van der Waals surface area contributed by atoms with E-state index in [1.807, 2.05) is 0 Å². The number of carbonyl (C=O) groups is 1. The highest BCUT2D eigenvalue weighted by Crippen LogP contribution is 2.10. The maximum absolute atomic E-state index is 9.94. The van der Waals surface area contributed by atoms with Crippen molar-refractivity contribution in [3.63, 3.8) is 0 Å². The molecule has 0 saturated carbocycles. The SMILES string of the molecule is COC1CCN(CCNC=O)C1.Cl.Cl.Cl. The lowest BCUT2D eigenvalue weighted by atomic mass is 10.3. The molecular weight excluding hydrogens is 262 g/mol. The summed E-state index contributed by atoms with van der Waals surface area (Å²) < 4.78 is 5.22. The predicted molar refractivity (Wildman–Crippen MR) is 67.7 cm³/mol. The van der Waals surface area contributed by atoms with Crippen molar-refractivity contribution in [1.29, 1.82) is 0 Å². The zero-order valence-corrected chi connectivity index (χ0v) is 11.1.